The summed E-state index contributed by atoms with van der Waals surface area (Å²) in [6, 6.07) is 10.5. The summed E-state index contributed by atoms with van der Waals surface area (Å²) in [4.78, 5) is 5.82. The van der Waals surface area contributed by atoms with Gasteiger partial charge in [0.05, 0.1) is 37.4 Å². The fourth-order valence-corrected chi connectivity index (χ4v) is 4.01. The number of nitrogens with zero attached hydrogens (tertiary/aromatic N) is 1. The second-order valence-electron chi connectivity index (χ2n) is 6.20. The molecule has 7 heteroatoms. The Labute approximate surface area is 167 Å². The highest BCUT2D eigenvalue weighted by Gasteiger charge is 2.17. The van der Waals surface area contributed by atoms with E-state index in [1.54, 1.807) is 37.7 Å². The molecular weight excluding hydrogens is 387 g/mol. The van der Waals surface area contributed by atoms with E-state index in [4.69, 9.17) is 26.1 Å². The second-order valence-corrected chi connectivity index (χ2v) is 7.46. The van der Waals surface area contributed by atoms with E-state index >= 15 is 0 Å². The lowest BCUT2D eigenvalue weighted by molar-refractivity contribution is -0.908. The molecule has 1 atom stereocenters. The van der Waals surface area contributed by atoms with Crippen molar-refractivity contribution in [1.82, 2.24) is 4.98 Å². The molecule has 4 nitrogen and oxygen atoms in total. The Morgan fingerprint density at radius 2 is 1.89 bits per heavy atom. The third-order valence-electron chi connectivity index (χ3n) is 4.21. The Morgan fingerprint density at radius 1 is 1.11 bits per heavy atom. The van der Waals surface area contributed by atoms with Gasteiger partial charge in [0.2, 0.25) is 0 Å². The number of benzene rings is 2. The normalized spacial score (nSPS) is 12.0. The molecule has 0 bridgehead atoms. The number of thiazole rings is 1. The maximum absolute atomic E-state index is 14.0. The van der Waals surface area contributed by atoms with Crippen LogP contribution in [-0.4, -0.2) is 26.3 Å². The predicted octanol–water partition coefficient (Wildman–Crippen LogP) is 3.83. The first kappa shape index (κ1) is 19.6. The van der Waals surface area contributed by atoms with Crippen LogP contribution in [0.1, 0.15) is 11.3 Å². The number of hydrogen-bond donors (Lipinski definition) is 1. The summed E-state index contributed by atoms with van der Waals surface area (Å²) in [6.07, 6.45) is 0. The Hall–Kier alpha value is -2.15. The summed E-state index contributed by atoms with van der Waals surface area (Å²) >= 11 is 7.68. The zero-order valence-corrected chi connectivity index (χ0v) is 17.0. The molecule has 0 amide bonds. The van der Waals surface area contributed by atoms with E-state index in [-0.39, 0.29) is 5.82 Å². The number of nitrogens with one attached hydrogen (secondary N) is 1. The van der Waals surface area contributed by atoms with Crippen molar-refractivity contribution >= 4 is 22.9 Å². The zero-order chi connectivity index (χ0) is 19.4. The summed E-state index contributed by atoms with van der Waals surface area (Å²) in [5, 5.41) is 3.33. The van der Waals surface area contributed by atoms with Crippen molar-refractivity contribution in [2.75, 3.05) is 21.3 Å². The molecule has 0 aliphatic carbocycles. The monoisotopic (exact) mass is 407 g/mol. The number of aromatic nitrogens is 1. The van der Waals surface area contributed by atoms with Gasteiger partial charge in [0.1, 0.15) is 29.6 Å². The minimum Gasteiger partial charge on any atom is -0.493 e. The Balaban J connectivity index is 1.77. The molecule has 0 fully saturated rings. The summed E-state index contributed by atoms with van der Waals surface area (Å²) in [5.41, 5.74) is 2.36. The van der Waals surface area contributed by atoms with Gasteiger partial charge in [0.15, 0.2) is 11.5 Å². The molecule has 0 saturated heterocycles. The van der Waals surface area contributed by atoms with Crippen molar-refractivity contribution in [1.29, 1.82) is 0 Å². The average Bonchev–Trinajstić information content (AvgIpc) is 3.12. The van der Waals surface area contributed by atoms with E-state index in [9.17, 15) is 4.39 Å². The lowest BCUT2D eigenvalue weighted by Crippen LogP contribution is -3.06. The Bertz CT molecular complexity index is 912. The van der Waals surface area contributed by atoms with Gasteiger partial charge in [0.25, 0.3) is 0 Å². The number of halogens is 2. The maximum Gasteiger partial charge on any atom is 0.170 e. The zero-order valence-electron chi connectivity index (χ0n) is 15.4. The molecule has 0 aliphatic rings. The van der Waals surface area contributed by atoms with Gasteiger partial charge in [0, 0.05) is 5.38 Å². The topological polar surface area (TPSA) is 35.8 Å². The Morgan fingerprint density at radius 3 is 2.59 bits per heavy atom. The first-order valence-corrected chi connectivity index (χ1v) is 9.69. The fourth-order valence-electron chi connectivity index (χ4n) is 2.94. The van der Waals surface area contributed by atoms with Gasteiger partial charge < -0.3 is 14.4 Å². The SMILES string of the molecule is COc1cccc(-c2nc(C[NH+](C)Cc3c(F)cccc3Cl)cs2)c1OC. The molecule has 1 heterocycles. The van der Waals surface area contributed by atoms with Crippen LogP contribution in [0.2, 0.25) is 5.02 Å². The second kappa shape index (κ2) is 8.69. The maximum atomic E-state index is 14.0. The number of para-hydroxylation sites is 1. The molecular formula is C20H21ClFN2O2S+. The van der Waals surface area contributed by atoms with Gasteiger partial charge in [-0.15, -0.1) is 11.3 Å². The van der Waals surface area contributed by atoms with Crippen LogP contribution in [0.3, 0.4) is 0 Å². The van der Waals surface area contributed by atoms with Gasteiger partial charge >= 0.3 is 0 Å². The first-order valence-electron chi connectivity index (χ1n) is 8.43. The van der Waals surface area contributed by atoms with Crippen LogP contribution in [0.25, 0.3) is 10.6 Å². The highest BCUT2D eigenvalue weighted by Crippen LogP contribution is 2.38. The highest BCUT2D eigenvalue weighted by molar-refractivity contribution is 7.13. The lowest BCUT2D eigenvalue weighted by atomic mass is 10.2. The van der Waals surface area contributed by atoms with E-state index in [2.05, 4.69) is 0 Å². The molecule has 3 aromatic rings. The Kier molecular flexibility index (Phi) is 6.31. The van der Waals surface area contributed by atoms with E-state index in [1.807, 2.05) is 30.6 Å². The van der Waals surface area contributed by atoms with E-state index in [0.29, 0.717) is 35.2 Å². The van der Waals surface area contributed by atoms with Crippen LogP contribution in [-0.2, 0) is 13.1 Å². The molecule has 3 rings (SSSR count). The molecule has 1 N–H and O–H groups in total. The van der Waals surface area contributed by atoms with Gasteiger partial charge in [-0.25, -0.2) is 9.37 Å². The minimum absolute atomic E-state index is 0.276. The largest absolute Gasteiger partial charge is 0.493 e. The van der Waals surface area contributed by atoms with Crippen molar-refractivity contribution in [3.63, 3.8) is 0 Å². The molecule has 142 valence electrons. The molecule has 1 unspecified atom stereocenters. The first-order chi connectivity index (χ1) is 13.0. The van der Waals surface area contributed by atoms with Gasteiger partial charge in [-0.2, -0.15) is 0 Å². The molecule has 1 aromatic heterocycles. The van der Waals surface area contributed by atoms with Crippen LogP contribution >= 0.6 is 22.9 Å². The van der Waals surface area contributed by atoms with Crippen molar-refractivity contribution in [2.45, 2.75) is 13.1 Å². The van der Waals surface area contributed by atoms with E-state index in [0.717, 1.165) is 21.2 Å². The average molecular weight is 408 g/mol. The third-order valence-corrected chi connectivity index (χ3v) is 5.49. The third kappa shape index (κ3) is 4.40. The predicted molar refractivity (Wildman–Crippen MR) is 106 cm³/mol. The molecule has 2 aromatic carbocycles. The standard InChI is InChI=1S/C20H20ClFN2O2S/c1-24(11-15-16(21)7-5-8-17(15)22)10-13-12-27-20(23-13)14-6-4-9-18(25-2)19(14)26-3/h4-9,12H,10-11H2,1-3H3/p+1. The smallest absolute Gasteiger partial charge is 0.170 e. The number of rotatable bonds is 7. The molecule has 0 saturated carbocycles. The molecule has 0 radical (unpaired) electrons. The summed E-state index contributed by atoms with van der Waals surface area (Å²) < 4.78 is 24.8. The quantitative estimate of drug-likeness (QED) is 0.646. The molecule has 0 aliphatic heterocycles. The van der Waals surface area contributed by atoms with Gasteiger partial charge in [-0.1, -0.05) is 23.7 Å². The van der Waals surface area contributed by atoms with Crippen LogP contribution < -0.4 is 14.4 Å². The minimum atomic E-state index is -0.276. The van der Waals surface area contributed by atoms with Crippen LogP contribution in [0.15, 0.2) is 41.8 Å². The lowest BCUT2D eigenvalue weighted by Gasteiger charge is -2.14. The molecule has 27 heavy (non-hydrogen) atoms. The van der Waals surface area contributed by atoms with Gasteiger partial charge in [-0.3, -0.25) is 0 Å². The van der Waals surface area contributed by atoms with Gasteiger partial charge in [-0.05, 0) is 24.3 Å². The van der Waals surface area contributed by atoms with Crippen molar-refractivity contribution < 1.29 is 18.8 Å². The number of quaternary nitrogens is 1. The van der Waals surface area contributed by atoms with Crippen molar-refractivity contribution in [3.8, 4) is 22.1 Å². The fraction of sp³-hybridized carbons (Fsp3) is 0.250. The van der Waals surface area contributed by atoms with Crippen molar-refractivity contribution in [3.05, 3.63) is 63.9 Å². The number of methoxy groups -OCH3 is 2. The summed E-state index contributed by atoms with van der Waals surface area (Å²) in [7, 11) is 5.22. The van der Waals surface area contributed by atoms with E-state index < -0.39 is 0 Å². The van der Waals surface area contributed by atoms with Crippen molar-refractivity contribution in [2.24, 2.45) is 0 Å². The van der Waals surface area contributed by atoms with Crippen LogP contribution in [0.4, 0.5) is 4.39 Å². The van der Waals surface area contributed by atoms with Crippen LogP contribution in [0.5, 0.6) is 11.5 Å². The van der Waals surface area contributed by atoms with Crippen LogP contribution in [0, 0.1) is 5.82 Å². The highest BCUT2D eigenvalue weighted by atomic mass is 35.5. The summed E-state index contributed by atoms with van der Waals surface area (Å²) in [6.45, 7) is 1.15. The molecule has 0 spiro atoms. The number of hydrogen-bond acceptors (Lipinski definition) is 4. The number of ether oxygens (including phenoxy) is 2. The summed E-state index contributed by atoms with van der Waals surface area (Å²) in [5.74, 6) is 1.06. The van der Waals surface area contributed by atoms with E-state index in [1.165, 1.54) is 6.07 Å².